The molecule has 2 aromatic rings. The minimum absolute atomic E-state index is 0.359. The number of aldehydes is 1. The summed E-state index contributed by atoms with van der Waals surface area (Å²) in [4.78, 5) is 19.3. The van der Waals surface area contributed by atoms with Gasteiger partial charge in [-0.3, -0.25) is 4.79 Å². The van der Waals surface area contributed by atoms with Gasteiger partial charge in [0, 0.05) is 11.3 Å². The van der Waals surface area contributed by atoms with Crippen molar-refractivity contribution in [2.45, 2.75) is 6.92 Å². The zero-order chi connectivity index (χ0) is 13.8. The molecule has 98 valence electrons. The molecule has 5 nitrogen and oxygen atoms in total. The van der Waals surface area contributed by atoms with E-state index in [-0.39, 0.29) is 0 Å². The lowest BCUT2D eigenvalue weighted by molar-refractivity contribution is 0.111. The number of aryl methyl sites for hydroxylation is 1. The van der Waals surface area contributed by atoms with Crippen LogP contribution in [-0.4, -0.2) is 30.5 Å². The number of methoxy groups -OCH3 is 2. The molecule has 0 saturated carbocycles. The quantitative estimate of drug-likeness (QED) is 0.787. The number of hydrogen-bond acceptors (Lipinski definition) is 5. The monoisotopic (exact) mass is 258 g/mol. The zero-order valence-corrected chi connectivity index (χ0v) is 11.0. The highest BCUT2D eigenvalue weighted by Crippen LogP contribution is 2.31. The summed E-state index contributed by atoms with van der Waals surface area (Å²) in [6, 6.07) is 7.02. The van der Waals surface area contributed by atoms with Crippen molar-refractivity contribution >= 4 is 6.29 Å². The van der Waals surface area contributed by atoms with Gasteiger partial charge >= 0.3 is 0 Å². The van der Waals surface area contributed by atoms with Gasteiger partial charge in [-0.25, -0.2) is 9.97 Å². The minimum atomic E-state index is 0.359. The van der Waals surface area contributed by atoms with Crippen LogP contribution in [0.3, 0.4) is 0 Å². The highest BCUT2D eigenvalue weighted by molar-refractivity contribution is 5.73. The first-order valence-corrected chi connectivity index (χ1v) is 5.71. The fourth-order valence-corrected chi connectivity index (χ4v) is 1.76. The third-order valence-electron chi connectivity index (χ3n) is 2.64. The van der Waals surface area contributed by atoms with Crippen LogP contribution in [0.2, 0.25) is 0 Å². The Morgan fingerprint density at radius 2 is 1.79 bits per heavy atom. The second-order valence-corrected chi connectivity index (χ2v) is 3.95. The Kier molecular flexibility index (Phi) is 3.75. The van der Waals surface area contributed by atoms with Crippen LogP contribution < -0.4 is 9.47 Å². The molecular formula is C14H14N2O3. The molecule has 1 aromatic carbocycles. The Morgan fingerprint density at radius 3 is 2.42 bits per heavy atom. The van der Waals surface area contributed by atoms with Crippen molar-refractivity contribution in [3.05, 3.63) is 35.7 Å². The predicted octanol–water partition coefficient (Wildman–Crippen LogP) is 2.28. The number of carbonyl (C=O) groups is 1. The van der Waals surface area contributed by atoms with Crippen molar-refractivity contribution in [3.8, 4) is 22.9 Å². The number of rotatable bonds is 4. The zero-order valence-electron chi connectivity index (χ0n) is 11.0. The number of aromatic nitrogens is 2. The first kappa shape index (κ1) is 13.0. The molecule has 0 amide bonds. The van der Waals surface area contributed by atoms with E-state index in [1.807, 2.05) is 13.0 Å². The first-order valence-electron chi connectivity index (χ1n) is 5.71. The Balaban J connectivity index is 2.52. The van der Waals surface area contributed by atoms with Crippen LogP contribution in [0.4, 0.5) is 0 Å². The molecule has 0 aliphatic rings. The fourth-order valence-electron chi connectivity index (χ4n) is 1.76. The Hall–Kier alpha value is -2.43. The average molecular weight is 258 g/mol. The molecule has 1 heterocycles. The van der Waals surface area contributed by atoms with E-state index in [9.17, 15) is 4.79 Å². The van der Waals surface area contributed by atoms with Crippen molar-refractivity contribution < 1.29 is 14.3 Å². The van der Waals surface area contributed by atoms with Crippen molar-refractivity contribution in [2.75, 3.05) is 14.2 Å². The lowest BCUT2D eigenvalue weighted by Gasteiger charge is -2.09. The lowest BCUT2D eigenvalue weighted by atomic mass is 10.1. The summed E-state index contributed by atoms with van der Waals surface area (Å²) in [6.45, 7) is 1.82. The summed E-state index contributed by atoms with van der Waals surface area (Å²) in [6.07, 6.45) is 0.707. The van der Waals surface area contributed by atoms with Crippen LogP contribution in [0.1, 0.15) is 16.2 Å². The van der Waals surface area contributed by atoms with Gasteiger partial charge in [-0.1, -0.05) is 0 Å². The van der Waals surface area contributed by atoms with Gasteiger partial charge in [-0.05, 0) is 31.2 Å². The predicted molar refractivity (Wildman–Crippen MR) is 70.7 cm³/mol. The maximum atomic E-state index is 10.8. The van der Waals surface area contributed by atoms with Crippen LogP contribution in [0.15, 0.2) is 24.3 Å². The van der Waals surface area contributed by atoms with E-state index in [1.54, 1.807) is 32.4 Å². The highest BCUT2D eigenvalue weighted by Gasteiger charge is 2.09. The third-order valence-corrected chi connectivity index (χ3v) is 2.64. The summed E-state index contributed by atoms with van der Waals surface area (Å²) in [7, 11) is 3.14. The summed E-state index contributed by atoms with van der Waals surface area (Å²) < 4.78 is 10.4. The van der Waals surface area contributed by atoms with Crippen molar-refractivity contribution in [1.82, 2.24) is 9.97 Å². The molecule has 0 bridgehead atoms. The van der Waals surface area contributed by atoms with Crippen LogP contribution in [0.25, 0.3) is 11.4 Å². The maximum absolute atomic E-state index is 10.8. The van der Waals surface area contributed by atoms with Gasteiger partial charge in [0.25, 0.3) is 0 Å². The molecule has 5 heteroatoms. The largest absolute Gasteiger partial charge is 0.493 e. The molecular weight excluding hydrogens is 244 g/mol. The van der Waals surface area contributed by atoms with Crippen molar-refractivity contribution in [2.24, 2.45) is 0 Å². The van der Waals surface area contributed by atoms with Gasteiger partial charge in [0.1, 0.15) is 5.69 Å². The van der Waals surface area contributed by atoms with E-state index in [0.717, 1.165) is 11.3 Å². The second kappa shape index (κ2) is 5.48. The number of ether oxygens (including phenoxy) is 2. The van der Waals surface area contributed by atoms with Crippen LogP contribution in [-0.2, 0) is 0 Å². The summed E-state index contributed by atoms with van der Waals surface area (Å²) in [5.74, 6) is 1.72. The SMILES string of the molecule is COc1ccc(-c2nc(C)cc(C=O)n2)cc1OC. The van der Waals surface area contributed by atoms with E-state index in [4.69, 9.17) is 9.47 Å². The van der Waals surface area contributed by atoms with Gasteiger partial charge in [0.05, 0.1) is 14.2 Å². The standard InChI is InChI=1S/C14H14N2O3/c1-9-6-11(8-17)16-14(15-9)10-4-5-12(18-2)13(7-10)19-3/h4-8H,1-3H3. The van der Waals surface area contributed by atoms with Crippen molar-refractivity contribution in [3.63, 3.8) is 0 Å². The number of hydrogen-bond donors (Lipinski definition) is 0. The average Bonchev–Trinajstić information content (AvgIpc) is 2.45. The Bertz CT molecular complexity index is 612. The fraction of sp³-hybridized carbons (Fsp3) is 0.214. The molecule has 0 N–H and O–H groups in total. The Morgan fingerprint density at radius 1 is 1.05 bits per heavy atom. The van der Waals surface area contributed by atoms with Gasteiger partial charge in [-0.15, -0.1) is 0 Å². The Labute approximate surface area is 111 Å². The molecule has 2 rings (SSSR count). The number of nitrogens with zero attached hydrogens (tertiary/aromatic N) is 2. The molecule has 19 heavy (non-hydrogen) atoms. The van der Waals surface area contributed by atoms with Gasteiger partial charge in [-0.2, -0.15) is 0 Å². The van der Waals surface area contributed by atoms with Gasteiger partial charge < -0.3 is 9.47 Å². The maximum Gasteiger partial charge on any atom is 0.168 e. The van der Waals surface area contributed by atoms with Gasteiger partial charge in [0.15, 0.2) is 23.6 Å². The van der Waals surface area contributed by atoms with Crippen molar-refractivity contribution in [1.29, 1.82) is 0 Å². The lowest BCUT2D eigenvalue weighted by Crippen LogP contribution is -1.98. The summed E-state index contributed by atoms with van der Waals surface area (Å²) >= 11 is 0. The first-order chi connectivity index (χ1) is 9.17. The van der Waals surface area contributed by atoms with E-state index in [0.29, 0.717) is 29.3 Å². The molecule has 0 spiro atoms. The molecule has 0 aliphatic heterocycles. The van der Waals surface area contributed by atoms with Crippen LogP contribution in [0, 0.1) is 6.92 Å². The molecule has 0 fully saturated rings. The normalized spacial score (nSPS) is 10.1. The van der Waals surface area contributed by atoms with Gasteiger partial charge in [0.2, 0.25) is 0 Å². The molecule has 0 radical (unpaired) electrons. The van der Waals surface area contributed by atoms with Crippen LogP contribution in [0.5, 0.6) is 11.5 Å². The molecule has 1 aromatic heterocycles. The second-order valence-electron chi connectivity index (χ2n) is 3.95. The highest BCUT2D eigenvalue weighted by atomic mass is 16.5. The number of carbonyl (C=O) groups excluding carboxylic acids is 1. The summed E-state index contributed by atoms with van der Waals surface area (Å²) in [5.41, 5.74) is 1.86. The smallest absolute Gasteiger partial charge is 0.168 e. The molecule has 0 unspecified atom stereocenters. The molecule has 0 aliphatic carbocycles. The topological polar surface area (TPSA) is 61.3 Å². The minimum Gasteiger partial charge on any atom is -0.493 e. The van der Waals surface area contributed by atoms with E-state index >= 15 is 0 Å². The van der Waals surface area contributed by atoms with Crippen LogP contribution >= 0.6 is 0 Å². The molecule has 0 saturated heterocycles. The molecule has 0 atom stereocenters. The van der Waals surface area contributed by atoms with E-state index in [2.05, 4.69) is 9.97 Å². The third kappa shape index (κ3) is 2.70. The van der Waals surface area contributed by atoms with E-state index < -0.39 is 0 Å². The summed E-state index contributed by atoms with van der Waals surface area (Å²) in [5, 5.41) is 0. The number of benzene rings is 1. The van der Waals surface area contributed by atoms with E-state index in [1.165, 1.54) is 0 Å².